The smallest absolute Gasteiger partial charge is 0.157 e. The van der Waals surface area contributed by atoms with Crippen molar-refractivity contribution in [1.82, 2.24) is 15.0 Å². The van der Waals surface area contributed by atoms with Crippen LogP contribution in [0.1, 0.15) is 32.0 Å². The first-order valence-corrected chi connectivity index (χ1v) is 9.53. The topological polar surface area (TPSA) is 53.6 Å². The third-order valence-corrected chi connectivity index (χ3v) is 4.89. The normalized spacial score (nSPS) is 11.4. The number of rotatable bonds is 6. The molecule has 2 heterocycles. The SMILES string of the molecule is CCCCCc1nc2c([nH]1)c(Nc1ccc(Cl)c(F)c1)nc1ccccc12. The Morgan fingerprint density at radius 1 is 1.11 bits per heavy atom. The Hall–Kier alpha value is -2.66. The summed E-state index contributed by atoms with van der Waals surface area (Å²) >= 11 is 5.79. The number of aromatic amines is 1. The minimum absolute atomic E-state index is 0.0944. The number of nitrogens with one attached hydrogen (secondary N) is 2. The minimum atomic E-state index is -0.469. The molecule has 2 N–H and O–H groups in total. The van der Waals surface area contributed by atoms with Gasteiger partial charge in [0.2, 0.25) is 0 Å². The molecule has 0 saturated heterocycles. The van der Waals surface area contributed by atoms with Crippen LogP contribution in [0.15, 0.2) is 42.5 Å². The molecular formula is C21H20ClFN4. The van der Waals surface area contributed by atoms with Crippen LogP contribution >= 0.6 is 11.6 Å². The maximum atomic E-state index is 13.8. The van der Waals surface area contributed by atoms with E-state index in [0.29, 0.717) is 11.5 Å². The van der Waals surface area contributed by atoms with Crippen LogP contribution in [0.25, 0.3) is 21.9 Å². The number of nitrogens with zero attached hydrogens (tertiary/aromatic N) is 2. The van der Waals surface area contributed by atoms with Crippen LogP contribution in [0.2, 0.25) is 5.02 Å². The first-order valence-electron chi connectivity index (χ1n) is 9.15. The fourth-order valence-electron chi connectivity index (χ4n) is 3.20. The Labute approximate surface area is 161 Å². The van der Waals surface area contributed by atoms with Crippen LogP contribution in [0.4, 0.5) is 15.9 Å². The number of H-pyrrole nitrogens is 1. The highest BCUT2D eigenvalue weighted by molar-refractivity contribution is 6.30. The number of aromatic nitrogens is 3. The van der Waals surface area contributed by atoms with E-state index in [2.05, 4.69) is 17.2 Å². The number of unbranched alkanes of at least 4 members (excludes halogenated alkanes) is 2. The van der Waals surface area contributed by atoms with E-state index in [0.717, 1.165) is 40.6 Å². The molecule has 0 fully saturated rings. The van der Waals surface area contributed by atoms with Gasteiger partial charge < -0.3 is 10.3 Å². The van der Waals surface area contributed by atoms with Crippen molar-refractivity contribution in [3.63, 3.8) is 0 Å². The van der Waals surface area contributed by atoms with E-state index in [4.69, 9.17) is 21.6 Å². The average Bonchev–Trinajstić information content (AvgIpc) is 3.10. The highest BCUT2D eigenvalue weighted by atomic mass is 35.5. The number of anilines is 2. The third-order valence-electron chi connectivity index (χ3n) is 4.58. The molecule has 2 aromatic carbocycles. The first-order chi connectivity index (χ1) is 13.2. The summed E-state index contributed by atoms with van der Waals surface area (Å²) in [5.41, 5.74) is 3.14. The van der Waals surface area contributed by atoms with Crippen LogP contribution in [0.5, 0.6) is 0 Å². The lowest BCUT2D eigenvalue weighted by Crippen LogP contribution is -1.96. The maximum Gasteiger partial charge on any atom is 0.157 e. The highest BCUT2D eigenvalue weighted by Gasteiger charge is 2.14. The van der Waals surface area contributed by atoms with E-state index in [-0.39, 0.29) is 5.02 Å². The van der Waals surface area contributed by atoms with Crippen molar-refractivity contribution in [1.29, 1.82) is 0 Å². The highest BCUT2D eigenvalue weighted by Crippen LogP contribution is 2.30. The molecular weight excluding hydrogens is 363 g/mol. The van der Waals surface area contributed by atoms with Crippen LogP contribution in [0, 0.1) is 5.82 Å². The van der Waals surface area contributed by atoms with Crippen LogP contribution in [-0.4, -0.2) is 15.0 Å². The fourth-order valence-corrected chi connectivity index (χ4v) is 3.32. The number of aryl methyl sites for hydroxylation is 1. The molecule has 0 amide bonds. The Kier molecular flexibility index (Phi) is 4.94. The van der Waals surface area contributed by atoms with Crippen LogP contribution in [-0.2, 0) is 6.42 Å². The van der Waals surface area contributed by atoms with Gasteiger partial charge in [-0.2, -0.15) is 0 Å². The summed E-state index contributed by atoms with van der Waals surface area (Å²) in [7, 11) is 0. The molecule has 2 aromatic heterocycles. The Balaban J connectivity index is 1.80. The summed E-state index contributed by atoms with van der Waals surface area (Å²) in [5, 5.41) is 4.30. The quantitative estimate of drug-likeness (QED) is 0.380. The number of pyridine rings is 1. The standard InChI is InChI=1S/C21H20ClFN4/c1-2-3-4-9-18-26-19-14-7-5-6-8-17(14)25-21(20(19)27-18)24-13-10-11-15(22)16(23)12-13/h5-8,10-12H,2-4,9H2,1H3,(H,24,25)(H,26,27). The van der Waals surface area contributed by atoms with Gasteiger partial charge in [-0.05, 0) is 30.7 Å². The van der Waals surface area contributed by atoms with Crippen LogP contribution in [0.3, 0.4) is 0 Å². The number of hydrogen-bond donors (Lipinski definition) is 2. The molecule has 0 aliphatic carbocycles. The van der Waals surface area contributed by atoms with E-state index in [1.54, 1.807) is 6.07 Å². The number of benzene rings is 2. The number of hydrogen-bond acceptors (Lipinski definition) is 3. The predicted octanol–water partition coefficient (Wildman–Crippen LogP) is 6.38. The van der Waals surface area contributed by atoms with Crippen molar-refractivity contribution in [2.45, 2.75) is 32.6 Å². The summed E-state index contributed by atoms with van der Waals surface area (Å²) < 4.78 is 13.8. The Morgan fingerprint density at radius 2 is 1.96 bits per heavy atom. The second kappa shape index (κ2) is 7.53. The summed E-state index contributed by atoms with van der Waals surface area (Å²) in [4.78, 5) is 12.9. The van der Waals surface area contributed by atoms with Gasteiger partial charge in [0, 0.05) is 17.5 Å². The molecule has 0 aliphatic heterocycles. The van der Waals surface area contributed by atoms with Gasteiger partial charge in [0.15, 0.2) is 5.82 Å². The molecule has 138 valence electrons. The Bertz CT molecular complexity index is 1110. The molecule has 0 unspecified atom stereocenters. The number of imidazole rings is 1. The molecule has 0 bridgehead atoms. The van der Waals surface area contributed by atoms with Crippen LogP contribution < -0.4 is 5.32 Å². The summed E-state index contributed by atoms with van der Waals surface area (Å²) in [6.45, 7) is 2.18. The zero-order valence-corrected chi connectivity index (χ0v) is 15.8. The number of fused-ring (bicyclic) bond motifs is 3. The Morgan fingerprint density at radius 3 is 2.78 bits per heavy atom. The van der Waals surface area contributed by atoms with Crippen molar-refractivity contribution in [2.24, 2.45) is 0 Å². The molecule has 0 spiro atoms. The van der Waals surface area contributed by atoms with Gasteiger partial charge in [-0.25, -0.2) is 14.4 Å². The van der Waals surface area contributed by atoms with E-state index < -0.39 is 5.82 Å². The molecule has 4 rings (SSSR count). The second-order valence-corrected chi connectivity index (χ2v) is 7.00. The minimum Gasteiger partial charge on any atom is -0.339 e. The lowest BCUT2D eigenvalue weighted by atomic mass is 10.2. The lowest BCUT2D eigenvalue weighted by Gasteiger charge is -2.09. The molecule has 0 aliphatic rings. The summed E-state index contributed by atoms with van der Waals surface area (Å²) in [5.74, 6) is 1.10. The largest absolute Gasteiger partial charge is 0.339 e. The molecule has 0 atom stereocenters. The molecule has 0 saturated carbocycles. The van der Waals surface area contributed by atoms with Crippen molar-refractivity contribution in [2.75, 3.05) is 5.32 Å². The molecule has 4 nitrogen and oxygen atoms in total. The average molecular weight is 383 g/mol. The first kappa shape index (κ1) is 17.7. The fraction of sp³-hybridized carbons (Fsp3) is 0.238. The summed E-state index contributed by atoms with van der Waals surface area (Å²) in [6, 6.07) is 12.5. The van der Waals surface area contributed by atoms with Gasteiger partial charge in [-0.3, -0.25) is 0 Å². The maximum absolute atomic E-state index is 13.8. The molecule has 4 aromatic rings. The van der Waals surface area contributed by atoms with Crippen molar-refractivity contribution < 1.29 is 4.39 Å². The van der Waals surface area contributed by atoms with Gasteiger partial charge in [0.1, 0.15) is 22.7 Å². The van der Waals surface area contributed by atoms with Gasteiger partial charge >= 0.3 is 0 Å². The van der Waals surface area contributed by atoms with Crippen molar-refractivity contribution >= 4 is 45.0 Å². The third kappa shape index (κ3) is 3.60. The van der Waals surface area contributed by atoms with E-state index in [1.165, 1.54) is 25.0 Å². The van der Waals surface area contributed by atoms with E-state index in [9.17, 15) is 4.39 Å². The summed E-state index contributed by atoms with van der Waals surface area (Å²) in [6.07, 6.45) is 4.32. The molecule has 6 heteroatoms. The van der Waals surface area contributed by atoms with E-state index >= 15 is 0 Å². The van der Waals surface area contributed by atoms with Gasteiger partial charge in [-0.15, -0.1) is 0 Å². The second-order valence-electron chi connectivity index (χ2n) is 6.60. The van der Waals surface area contributed by atoms with Gasteiger partial charge in [0.05, 0.1) is 10.5 Å². The number of halogens is 2. The van der Waals surface area contributed by atoms with Gasteiger partial charge in [0.25, 0.3) is 0 Å². The zero-order valence-electron chi connectivity index (χ0n) is 15.0. The molecule has 0 radical (unpaired) electrons. The monoisotopic (exact) mass is 382 g/mol. The molecule has 27 heavy (non-hydrogen) atoms. The lowest BCUT2D eigenvalue weighted by molar-refractivity contribution is 0.629. The van der Waals surface area contributed by atoms with E-state index in [1.807, 2.05) is 24.3 Å². The van der Waals surface area contributed by atoms with Crippen molar-refractivity contribution in [3.05, 3.63) is 59.1 Å². The number of para-hydroxylation sites is 1. The zero-order chi connectivity index (χ0) is 18.8. The van der Waals surface area contributed by atoms with Crippen molar-refractivity contribution in [3.8, 4) is 0 Å². The predicted molar refractivity (Wildman–Crippen MR) is 109 cm³/mol. The van der Waals surface area contributed by atoms with Gasteiger partial charge in [-0.1, -0.05) is 49.6 Å².